The molecule has 9 N–H and O–H groups in total. The van der Waals surface area contributed by atoms with E-state index in [0.717, 1.165) is 33.4 Å². The van der Waals surface area contributed by atoms with Crippen LogP contribution in [0.1, 0.15) is 68.3 Å². The summed E-state index contributed by atoms with van der Waals surface area (Å²) in [5, 5.41) is 61.8. The summed E-state index contributed by atoms with van der Waals surface area (Å²) in [7, 11) is 4.86. The van der Waals surface area contributed by atoms with Crippen LogP contribution >= 0.6 is 0 Å². The number of fused-ring (bicyclic) bond motifs is 6. The number of nitrogens with two attached hydrogens (primary N) is 1. The number of benzene rings is 2. The minimum Gasteiger partial charge on any atom is -0.496 e. The number of H-pyrrole nitrogens is 1. The van der Waals surface area contributed by atoms with Crippen LogP contribution in [0, 0.1) is 11.3 Å². The highest BCUT2D eigenvalue weighted by atomic mass is 16.5. The normalized spacial score (nSPS) is 36.3. The lowest BCUT2D eigenvalue weighted by molar-refractivity contribution is -0.203. The predicted octanol–water partition coefficient (Wildman–Crippen LogP) is 1.60. The first-order valence-corrected chi connectivity index (χ1v) is 23.0. The van der Waals surface area contributed by atoms with Crippen molar-refractivity contribution >= 4 is 28.5 Å². The van der Waals surface area contributed by atoms with Crippen LogP contribution in [0.25, 0.3) is 10.9 Å². The van der Waals surface area contributed by atoms with Gasteiger partial charge in [0.05, 0.1) is 44.6 Å². The maximum Gasteiger partial charge on any atom is 0.322 e. The molecular weight excluding hydrogens is 817 g/mol. The number of aliphatic hydroxyl groups is 5. The van der Waals surface area contributed by atoms with Crippen LogP contribution in [-0.4, -0.2) is 161 Å². The third kappa shape index (κ3) is 6.21. The fourth-order valence-corrected chi connectivity index (χ4v) is 13.8. The molecule has 6 aliphatic rings. The molecule has 2 bridgehead atoms. The van der Waals surface area contributed by atoms with E-state index in [0.29, 0.717) is 82.6 Å². The average Bonchev–Trinajstić information content (AvgIpc) is 3.97. The van der Waals surface area contributed by atoms with Gasteiger partial charge in [0.15, 0.2) is 5.60 Å². The third-order valence-corrected chi connectivity index (χ3v) is 16.6. The summed E-state index contributed by atoms with van der Waals surface area (Å²) >= 11 is 0. The van der Waals surface area contributed by atoms with Gasteiger partial charge in [-0.05, 0) is 74.2 Å². The van der Waals surface area contributed by atoms with Crippen molar-refractivity contribution in [3.63, 3.8) is 0 Å². The number of nitrogens with one attached hydrogen (secondary N) is 2. The van der Waals surface area contributed by atoms with E-state index in [1.165, 1.54) is 19.3 Å². The Bertz CT molecular complexity index is 2370. The molecule has 4 unspecified atom stereocenters. The van der Waals surface area contributed by atoms with Crippen molar-refractivity contribution in [3.05, 3.63) is 83.1 Å². The minimum absolute atomic E-state index is 0.0812. The number of nitrogens with zero attached hydrogens (tertiary/aromatic N) is 3. The molecule has 3 aromatic rings. The summed E-state index contributed by atoms with van der Waals surface area (Å²) in [6.45, 7) is 6.70. The molecule has 0 radical (unpaired) electrons. The van der Waals surface area contributed by atoms with Gasteiger partial charge in [-0.3, -0.25) is 19.4 Å². The number of amides is 1. The van der Waals surface area contributed by atoms with Gasteiger partial charge in [0, 0.05) is 90.6 Å². The van der Waals surface area contributed by atoms with E-state index in [9.17, 15) is 30.3 Å². The van der Waals surface area contributed by atoms with Gasteiger partial charge in [0.1, 0.15) is 17.3 Å². The molecule has 1 amide bonds. The van der Waals surface area contributed by atoms with Crippen molar-refractivity contribution in [1.82, 2.24) is 20.1 Å². The highest BCUT2D eigenvalue weighted by Crippen LogP contribution is 2.67. The van der Waals surface area contributed by atoms with Crippen molar-refractivity contribution < 1.29 is 44.6 Å². The monoisotopic (exact) mass is 882 g/mol. The topological polar surface area (TPSA) is 217 Å². The van der Waals surface area contributed by atoms with E-state index in [-0.39, 0.29) is 18.5 Å². The number of methoxy groups -OCH3 is 2. The smallest absolute Gasteiger partial charge is 0.322 e. The van der Waals surface area contributed by atoms with Crippen molar-refractivity contribution in [3.8, 4) is 5.75 Å². The molecule has 15 nitrogen and oxygen atoms in total. The van der Waals surface area contributed by atoms with E-state index < -0.39 is 70.2 Å². The summed E-state index contributed by atoms with van der Waals surface area (Å²) in [4.78, 5) is 40.6. The summed E-state index contributed by atoms with van der Waals surface area (Å²) < 4.78 is 12.3. The number of carbonyl (C=O) groups excluding carboxylic acids is 2. The summed E-state index contributed by atoms with van der Waals surface area (Å²) in [5.41, 5.74) is 3.85. The summed E-state index contributed by atoms with van der Waals surface area (Å²) in [6, 6.07) is 9.92. The Morgan fingerprint density at radius 3 is 2.58 bits per heavy atom. The number of carbonyl (C=O) groups is 2. The Morgan fingerprint density at radius 2 is 1.86 bits per heavy atom. The van der Waals surface area contributed by atoms with Crippen LogP contribution < -0.4 is 20.7 Å². The van der Waals surface area contributed by atoms with E-state index in [2.05, 4.69) is 32.2 Å². The van der Waals surface area contributed by atoms with E-state index in [4.69, 9.17) is 15.2 Å². The molecule has 5 aliphatic heterocycles. The van der Waals surface area contributed by atoms with Crippen LogP contribution in [-0.2, 0) is 31.6 Å². The number of anilines is 1. The Hall–Kier alpha value is -4.32. The number of aromatic nitrogens is 1. The van der Waals surface area contributed by atoms with Crippen molar-refractivity contribution in [2.75, 3.05) is 72.0 Å². The number of para-hydroxylation sites is 1. The number of piperidine rings is 1. The second kappa shape index (κ2) is 16.2. The molecule has 346 valence electrons. The lowest BCUT2D eigenvalue weighted by Crippen LogP contribution is -2.81. The second-order valence-corrected chi connectivity index (χ2v) is 19.6. The molecule has 6 heterocycles. The molecule has 12 atom stereocenters. The van der Waals surface area contributed by atoms with Crippen LogP contribution in [0.2, 0.25) is 0 Å². The van der Waals surface area contributed by atoms with Gasteiger partial charge in [0.2, 0.25) is 0 Å². The molecule has 15 heteroatoms. The standard InChI is InChI=1S/C49H66N6O9/c1-6-45(61)24-29-25-48(44(60)64-5,39-31(15-20-54(26-29)28-45)30-12-8-9-13-35(30)52-39)33-22-32-36(23-38(33)63-4)53(3)41-47(32)17-21-55-19-11-16-46(7-2,40(47)55)42(58)49(41,62)43(59)51-18-10-14-37(57)34(50)27-56/h8-14,16,22-23,29,34,37,40-42,52,56-58,61-62H,6-7,15,17-21,24-28,50H2,1-5H3,(H,51,59)/b14-10+/t29?,34-,37-,40+,41?,42-,45+,46-,47?,48+,49+/m1/s1. The first kappa shape index (κ1) is 44.9. The van der Waals surface area contributed by atoms with Gasteiger partial charge < -0.3 is 55.9 Å². The number of aromatic amines is 1. The minimum atomic E-state index is -2.36. The van der Waals surface area contributed by atoms with Crippen LogP contribution in [0.5, 0.6) is 5.75 Å². The molecule has 9 rings (SSSR count). The first-order valence-electron chi connectivity index (χ1n) is 23.0. The van der Waals surface area contributed by atoms with Gasteiger partial charge in [-0.25, -0.2) is 0 Å². The van der Waals surface area contributed by atoms with Gasteiger partial charge in [-0.15, -0.1) is 0 Å². The second-order valence-electron chi connectivity index (χ2n) is 19.6. The average molecular weight is 883 g/mol. The zero-order valence-electron chi connectivity index (χ0n) is 37.7. The van der Waals surface area contributed by atoms with E-state index >= 15 is 4.79 Å². The number of hydrogen-bond acceptors (Lipinski definition) is 13. The molecule has 3 fully saturated rings. The molecule has 1 aromatic heterocycles. The summed E-state index contributed by atoms with van der Waals surface area (Å²) in [6.07, 6.45) is 7.23. The van der Waals surface area contributed by atoms with E-state index in [1.54, 1.807) is 7.11 Å². The van der Waals surface area contributed by atoms with Gasteiger partial charge in [-0.2, -0.15) is 0 Å². The first-order chi connectivity index (χ1) is 30.6. The van der Waals surface area contributed by atoms with Crippen LogP contribution in [0.4, 0.5) is 5.69 Å². The number of hydrogen-bond donors (Lipinski definition) is 8. The third-order valence-electron chi connectivity index (χ3n) is 16.6. The number of rotatable bonds is 11. The predicted molar refractivity (Wildman–Crippen MR) is 242 cm³/mol. The molecular formula is C49H66N6O9. The molecule has 2 aromatic carbocycles. The lowest BCUT2D eigenvalue weighted by atomic mass is 9.47. The quantitative estimate of drug-likeness (QED) is 0.102. The number of ether oxygens (including phenoxy) is 2. The van der Waals surface area contributed by atoms with Crippen LogP contribution in [0.15, 0.2) is 60.7 Å². The largest absolute Gasteiger partial charge is 0.496 e. The zero-order chi connectivity index (χ0) is 45.6. The number of likely N-dealkylation sites (N-methyl/N-ethyl adjacent to an activating group) is 1. The van der Waals surface area contributed by atoms with Crippen molar-refractivity contribution in [1.29, 1.82) is 0 Å². The highest BCUT2D eigenvalue weighted by Gasteiger charge is 2.78. The summed E-state index contributed by atoms with van der Waals surface area (Å²) in [5.74, 6) is -0.900. The fourth-order valence-electron chi connectivity index (χ4n) is 13.8. The van der Waals surface area contributed by atoms with Crippen molar-refractivity contribution in [2.24, 2.45) is 17.1 Å². The highest BCUT2D eigenvalue weighted by molar-refractivity contribution is 5.95. The Balaban J connectivity index is 1.27. The fraction of sp³-hybridized carbons (Fsp3) is 0.592. The SMILES string of the molecule is CC[C@]1(O)CC2CN(CCc3c([nH]c4ccccc34)[C@@](C(=O)OC)(c3cc4c(cc3OC)N(C)C3C45CCN4CC=C[C@](CC)([C@H]45)[C@@H](O)[C@]3(O)C(=O)NC/C=C/[C@@H](O)[C@H](N)CO)C2)C1. The molecule has 1 saturated carbocycles. The van der Waals surface area contributed by atoms with Crippen LogP contribution in [0.3, 0.4) is 0 Å². The Morgan fingerprint density at radius 1 is 1.08 bits per heavy atom. The molecule has 64 heavy (non-hydrogen) atoms. The molecule has 2 saturated heterocycles. The lowest BCUT2D eigenvalue weighted by Gasteiger charge is -2.63. The Labute approximate surface area is 374 Å². The number of esters is 1. The maximum atomic E-state index is 15.4. The molecule has 1 spiro atoms. The van der Waals surface area contributed by atoms with Gasteiger partial charge in [0.25, 0.3) is 5.91 Å². The maximum absolute atomic E-state index is 15.4. The Kier molecular flexibility index (Phi) is 11.4. The van der Waals surface area contributed by atoms with Gasteiger partial charge >= 0.3 is 5.97 Å². The zero-order valence-corrected chi connectivity index (χ0v) is 37.7. The van der Waals surface area contributed by atoms with Gasteiger partial charge in [-0.1, -0.05) is 56.4 Å². The van der Waals surface area contributed by atoms with E-state index in [1.807, 2.05) is 62.2 Å². The van der Waals surface area contributed by atoms with Crippen molar-refractivity contribution in [2.45, 2.75) is 105 Å². The number of aliphatic hydroxyl groups excluding tert-OH is 3. The molecule has 1 aliphatic carbocycles.